The summed E-state index contributed by atoms with van der Waals surface area (Å²) in [7, 11) is 0. The molecule has 21 heavy (non-hydrogen) atoms. The van der Waals surface area contributed by atoms with Crippen LogP contribution in [-0.2, 0) is 0 Å². The minimum atomic E-state index is -0.196. The molecule has 0 aromatic heterocycles. The Morgan fingerprint density at radius 1 is 1.14 bits per heavy atom. The molecule has 110 valence electrons. The van der Waals surface area contributed by atoms with E-state index < -0.39 is 0 Å². The Morgan fingerprint density at radius 3 is 2.57 bits per heavy atom. The first-order valence-electron chi connectivity index (χ1n) is 6.59. The summed E-state index contributed by atoms with van der Waals surface area (Å²) in [5.74, 6) is -0.196. The van der Waals surface area contributed by atoms with Crippen LogP contribution in [0.3, 0.4) is 0 Å². The molecule has 3 nitrogen and oxygen atoms in total. The van der Waals surface area contributed by atoms with Crippen molar-refractivity contribution in [2.24, 2.45) is 0 Å². The van der Waals surface area contributed by atoms with Crippen molar-refractivity contribution >= 4 is 44.8 Å². The van der Waals surface area contributed by atoms with E-state index in [1.165, 1.54) is 0 Å². The predicted octanol–water partition coefficient (Wildman–Crippen LogP) is 5.18. The van der Waals surface area contributed by atoms with Gasteiger partial charge in [-0.05, 0) is 44.2 Å². The summed E-state index contributed by atoms with van der Waals surface area (Å²) in [6, 6.07) is 13.0. The van der Waals surface area contributed by atoms with Crippen LogP contribution >= 0.6 is 27.5 Å². The highest BCUT2D eigenvalue weighted by atomic mass is 79.9. The molecule has 2 aromatic carbocycles. The maximum Gasteiger partial charge on any atom is 0.257 e. The zero-order valence-electron chi connectivity index (χ0n) is 11.8. The molecule has 2 N–H and O–H groups in total. The van der Waals surface area contributed by atoms with E-state index in [0.717, 1.165) is 10.2 Å². The Kier molecular flexibility index (Phi) is 5.26. The molecule has 0 bridgehead atoms. The van der Waals surface area contributed by atoms with Crippen molar-refractivity contribution in [3.63, 3.8) is 0 Å². The van der Waals surface area contributed by atoms with Gasteiger partial charge in [0.1, 0.15) is 0 Å². The molecule has 0 saturated heterocycles. The quantitative estimate of drug-likeness (QED) is 0.782. The number of hydrogen-bond acceptors (Lipinski definition) is 2. The fourth-order valence-corrected chi connectivity index (χ4v) is 2.43. The molecule has 2 rings (SSSR count). The number of hydrogen-bond donors (Lipinski definition) is 2. The number of carbonyl (C=O) groups excluding carboxylic acids is 1. The van der Waals surface area contributed by atoms with Gasteiger partial charge in [-0.15, -0.1) is 0 Å². The van der Waals surface area contributed by atoms with Crippen molar-refractivity contribution < 1.29 is 4.79 Å². The van der Waals surface area contributed by atoms with Crippen LogP contribution in [0.5, 0.6) is 0 Å². The fraction of sp³-hybridized carbons (Fsp3) is 0.188. The smallest absolute Gasteiger partial charge is 0.257 e. The van der Waals surface area contributed by atoms with E-state index >= 15 is 0 Å². The van der Waals surface area contributed by atoms with Gasteiger partial charge >= 0.3 is 0 Å². The van der Waals surface area contributed by atoms with E-state index in [1.54, 1.807) is 18.2 Å². The molecule has 0 heterocycles. The summed E-state index contributed by atoms with van der Waals surface area (Å²) >= 11 is 9.47. The largest absolute Gasteiger partial charge is 0.382 e. The second-order valence-corrected chi connectivity index (χ2v) is 6.25. The fourth-order valence-electron chi connectivity index (χ4n) is 1.90. The summed E-state index contributed by atoms with van der Waals surface area (Å²) in [4.78, 5) is 12.5. The van der Waals surface area contributed by atoms with E-state index in [-0.39, 0.29) is 11.9 Å². The molecule has 0 aliphatic carbocycles. The van der Waals surface area contributed by atoms with Crippen LogP contribution < -0.4 is 10.6 Å². The SMILES string of the molecule is CC(C)Nc1ccccc1C(=O)Nc1cc(Br)ccc1Cl. The van der Waals surface area contributed by atoms with Crippen LogP contribution in [0.1, 0.15) is 24.2 Å². The Hall–Kier alpha value is -1.52. The van der Waals surface area contributed by atoms with E-state index in [0.29, 0.717) is 16.3 Å². The number of benzene rings is 2. The molecule has 1 amide bonds. The van der Waals surface area contributed by atoms with Crippen molar-refractivity contribution in [2.45, 2.75) is 19.9 Å². The van der Waals surface area contributed by atoms with E-state index in [9.17, 15) is 4.79 Å². The molecule has 2 aromatic rings. The highest BCUT2D eigenvalue weighted by molar-refractivity contribution is 9.10. The van der Waals surface area contributed by atoms with Crippen LogP contribution in [0.25, 0.3) is 0 Å². The van der Waals surface area contributed by atoms with Crippen LogP contribution in [0.4, 0.5) is 11.4 Å². The van der Waals surface area contributed by atoms with E-state index in [4.69, 9.17) is 11.6 Å². The highest BCUT2D eigenvalue weighted by Gasteiger charge is 2.13. The predicted molar refractivity (Wildman–Crippen MR) is 92.3 cm³/mol. The second-order valence-electron chi connectivity index (χ2n) is 4.92. The average molecular weight is 368 g/mol. The first-order valence-corrected chi connectivity index (χ1v) is 7.76. The maximum atomic E-state index is 12.5. The van der Waals surface area contributed by atoms with Crippen molar-refractivity contribution in [1.29, 1.82) is 0 Å². The Morgan fingerprint density at radius 2 is 1.86 bits per heavy atom. The number of anilines is 2. The van der Waals surface area contributed by atoms with Crippen LogP contribution in [0.2, 0.25) is 5.02 Å². The standard InChI is InChI=1S/C16H16BrClN2O/c1-10(2)19-14-6-4-3-5-12(14)16(21)20-15-9-11(17)7-8-13(15)18/h3-10,19H,1-2H3,(H,20,21). The number of nitrogens with one attached hydrogen (secondary N) is 2. The van der Waals surface area contributed by atoms with Gasteiger partial charge in [-0.2, -0.15) is 0 Å². The van der Waals surface area contributed by atoms with Gasteiger partial charge in [0.05, 0.1) is 16.3 Å². The molecule has 0 radical (unpaired) electrons. The zero-order chi connectivity index (χ0) is 15.4. The normalized spacial score (nSPS) is 10.5. The lowest BCUT2D eigenvalue weighted by Crippen LogP contribution is -2.17. The Bertz CT molecular complexity index is 658. The van der Waals surface area contributed by atoms with Gasteiger partial charge in [-0.1, -0.05) is 39.7 Å². The molecular formula is C16H16BrClN2O. The third-order valence-corrected chi connectivity index (χ3v) is 3.62. The topological polar surface area (TPSA) is 41.1 Å². The summed E-state index contributed by atoms with van der Waals surface area (Å²) < 4.78 is 0.857. The molecule has 0 fully saturated rings. The lowest BCUT2D eigenvalue weighted by Gasteiger charge is -2.15. The summed E-state index contributed by atoms with van der Waals surface area (Å²) in [6.07, 6.45) is 0. The van der Waals surface area contributed by atoms with Crippen molar-refractivity contribution in [1.82, 2.24) is 0 Å². The minimum Gasteiger partial charge on any atom is -0.382 e. The molecule has 0 aliphatic heterocycles. The van der Waals surface area contributed by atoms with Crippen molar-refractivity contribution in [2.75, 3.05) is 10.6 Å². The lowest BCUT2D eigenvalue weighted by molar-refractivity contribution is 0.102. The average Bonchev–Trinajstić information content (AvgIpc) is 2.42. The molecule has 0 aliphatic rings. The molecule has 0 atom stereocenters. The number of amides is 1. The minimum absolute atomic E-state index is 0.196. The van der Waals surface area contributed by atoms with Gasteiger partial charge < -0.3 is 10.6 Å². The molecule has 5 heteroatoms. The second kappa shape index (κ2) is 6.96. The van der Waals surface area contributed by atoms with E-state index in [2.05, 4.69) is 26.6 Å². The van der Waals surface area contributed by atoms with Crippen LogP contribution in [0.15, 0.2) is 46.9 Å². The van der Waals surface area contributed by atoms with Gasteiger partial charge in [-0.3, -0.25) is 4.79 Å². The van der Waals surface area contributed by atoms with Gasteiger partial charge in [0.15, 0.2) is 0 Å². The highest BCUT2D eigenvalue weighted by Crippen LogP contribution is 2.27. The number of para-hydroxylation sites is 1. The van der Waals surface area contributed by atoms with Crippen molar-refractivity contribution in [3.05, 3.63) is 57.5 Å². The first kappa shape index (κ1) is 15.9. The summed E-state index contributed by atoms with van der Waals surface area (Å²) in [5.41, 5.74) is 1.97. The molecule has 0 saturated carbocycles. The first-order chi connectivity index (χ1) is 9.97. The molecule has 0 spiro atoms. The Balaban J connectivity index is 2.26. The van der Waals surface area contributed by atoms with Gasteiger partial charge in [0.2, 0.25) is 0 Å². The Labute approximate surface area is 137 Å². The van der Waals surface area contributed by atoms with Crippen LogP contribution in [-0.4, -0.2) is 11.9 Å². The zero-order valence-corrected chi connectivity index (χ0v) is 14.1. The summed E-state index contributed by atoms with van der Waals surface area (Å²) in [5, 5.41) is 6.60. The third kappa shape index (κ3) is 4.22. The van der Waals surface area contributed by atoms with Crippen LogP contribution in [0, 0.1) is 0 Å². The lowest BCUT2D eigenvalue weighted by atomic mass is 10.1. The monoisotopic (exact) mass is 366 g/mol. The summed E-state index contributed by atoms with van der Waals surface area (Å²) in [6.45, 7) is 4.06. The van der Waals surface area contributed by atoms with Gasteiger partial charge in [0, 0.05) is 16.2 Å². The third-order valence-electron chi connectivity index (χ3n) is 2.79. The van der Waals surface area contributed by atoms with Gasteiger partial charge in [-0.25, -0.2) is 0 Å². The van der Waals surface area contributed by atoms with Gasteiger partial charge in [0.25, 0.3) is 5.91 Å². The molecule has 0 unspecified atom stereocenters. The molecular weight excluding hydrogens is 352 g/mol. The number of halogens is 2. The maximum absolute atomic E-state index is 12.5. The van der Waals surface area contributed by atoms with E-state index in [1.807, 2.05) is 38.1 Å². The number of rotatable bonds is 4. The van der Waals surface area contributed by atoms with Crippen molar-refractivity contribution in [3.8, 4) is 0 Å². The number of carbonyl (C=O) groups is 1.